The van der Waals surface area contributed by atoms with Crippen molar-refractivity contribution in [2.24, 2.45) is 5.73 Å². The summed E-state index contributed by atoms with van der Waals surface area (Å²) >= 11 is 0. The van der Waals surface area contributed by atoms with Crippen molar-refractivity contribution in [3.8, 4) is 11.5 Å². The van der Waals surface area contributed by atoms with Crippen LogP contribution in [0.3, 0.4) is 0 Å². The van der Waals surface area contributed by atoms with E-state index in [0.717, 1.165) is 0 Å². The Morgan fingerprint density at radius 2 is 1.70 bits per heavy atom. The molecule has 2 aromatic rings. The lowest BCUT2D eigenvalue weighted by molar-refractivity contribution is 0.0109. The summed E-state index contributed by atoms with van der Waals surface area (Å²) in [7, 11) is 0. The Balaban J connectivity index is 1.56. The Kier molecular flexibility index (Phi) is 4.14. The fourth-order valence-electron chi connectivity index (χ4n) is 2.17. The molecule has 2 aromatic carbocycles. The van der Waals surface area contributed by atoms with Crippen molar-refractivity contribution < 1.29 is 23.8 Å². The number of rotatable bonds is 4. The number of hydrogen-bond acceptors (Lipinski definition) is 5. The number of fused-ring (bicyclic) bond motifs is 1. The maximum atomic E-state index is 12.0. The molecule has 1 aliphatic rings. The minimum absolute atomic E-state index is 0.0741. The topological polar surface area (TPSA) is 87.9 Å². The Morgan fingerprint density at radius 3 is 2.39 bits per heavy atom. The summed E-state index contributed by atoms with van der Waals surface area (Å²) in [6.45, 7) is 0.385. The summed E-state index contributed by atoms with van der Waals surface area (Å²) in [4.78, 5) is 23.0. The molecule has 6 nitrogen and oxygen atoms in total. The molecule has 0 fully saturated rings. The van der Waals surface area contributed by atoms with Gasteiger partial charge in [-0.05, 0) is 36.4 Å². The highest BCUT2D eigenvalue weighted by atomic mass is 16.6. The van der Waals surface area contributed by atoms with Crippen molar-refractivity contribution in [1.82, 2.24) is 0 Å². The smallest absolute Gasteiger partial charge is 0.338 e. The highest BCUT2D eigenvalue weighted by Gasteiger charge is 2.22. The first-order valence-electron chi connectivity index (χ1n) is 7.09. The number of ether oxygens (including phenoxy) is 3. The van der Waals surface area contributed by atoms with E-state index in [0.29, 0.717) is 29.2 Å². The third-order valence-corrected chi connectivity index (χ3v) is 3.37. The van der Waals surface area contributed by atoms with Crippen LogP contribution in [0.2, 0.25) is 0 Å². The highest BCUT2D eigenvalue weighted by Crippen LogP contribution is 2.30. The summed E-state index contributed by atoms with van der Waals surface area (Å²) in [5.41, 5.74) is 5.82. The second-order valence-electron chi connectivity index (χ2n) is 5.04. The van der Waals surface area contributed by atoms with E-state index in [1.165, 1.54) is 24.3 Å². The quantitative estimate of drug-likeness (QED) is 0.869. The van der Waals surface area contributed by atoms with Crippen LogP contribution < -0.4 is 15.2 Å². The van der Waals surface area contributed by atoms with Crippen LogP contribution in [0.4, 0.5) is 0 Å². The van der Waals surface area contributed by atoms with Crippen LogP contribution in [-0.4, -0.2) is 31.2 Å². The Hall–Kier alpha value is -3.02. The van der Waals surface area contributed by atoms with Crippen LogP contribution in [0.1, 0.15) is 20.7 Å². The minimum Gasteiger partial charge on any atom is -0.486 e. The molecule has 118 valence electrons. The van der Waals surface area contributed by atoms with Crippen molar-refractivity contribution in [2.45, 2.75) is 6.10 Å². The summed E-state index contributed by atoms with van der Waals surface area (Å²) in [6.07, 6.45) is -0.362. The molecule has 1 heterocycles. The number of hydrogen-bond donors (Lipinski definition) is 1. The van der Waals surface area contributed by atoms with Crippen molar-refractivity contribution in [3.05, 3.63) is 59.7 Å². The van der Waals surface area contributed by atoms with Gasteiger partial charge in [-0.1, -0.05) is 12.1 Å². The predicted molar refractivity (Wildman–Crippen MR) is 81.6 cm³/mol. The molecule has 0 saturated carbocycles. The first-order valence-corrected chi connectivity index (χ1v) is 7.09. The van der Waals surface area contributed by atoms with E-state index in [1.807, 2.05) is 18.2 Å². The predicted octanol–water partition coefficient (Wildman–Crippen LogP) is 1.78. The van der Waals surface area contributed by atoms with Crippen LogP contribution in [0.5, 0.6) is 11.5 Å². The fourth-order valence-corrected chi connectivity index (χ4v) is 2.17. The number of esters is 1. The summed E-state index contributed by atoms with van der Waals surface area (Å²) in [5.74, 6) is 0.266. The maximum absolute atomic E-state index is 12.0. The fraction of sp³-hybridized carbons (Fsp3) is 0.176. The summed E-state index contributed by atoms with van der Waals surface area (Å²) < 4.78 is 16.5. The van der Waals surface area contributed by atoms with Gasteiger partial charge in [-0.2, -0.15) is 0 Å². The highest BCUT2D eigenvalue weighted by molar-refractivity contribution is 5.95. The Labute approximate surface area is 132 Å². The van der Waals surface area contributed by atoms with Gasteiger partial charge in [0, 0.05) is 5.56 Å². The molecule has 6 heteroatoms. The average Bonchev–Trinajstić information content (AvgIpc) is 2.59. The molecule has 0 radical (unpaired) electrons. The summed E-state index contributed by atoms with van der Waals surface area (Å²) in [5, 5.41) is 0. The van der Waals surface area contributed by atoms with Gasteiger partial charge >= 0.3 is 5.97 Å². The number of amides is 1. The molecule has 1 unspecified atom stereocenters. The molecule has 23 heavy (non-hydrogen) atoms. The number of carbonyl (C=O) groups excluding carboxylic acids is 2. The van der Waals surface area contributed by atoms with Gasteiger partial charge in [0.2, 0.25) is 5.91 Å². The lowest BCUT2D eigenvalue weighted by atomic mass is 10.1. The zero-order valence-corrected chi connectivity index (χ0v) is 12.2. The van der Waals surface area contributed by atoms with Crippen molar-refractivity contribution in [2.75, 3.05) is 13.2 Å². The number of benzene rings is 2. The van der Waals surface area contributed by atoms with E-state index in [2.05, 4.69) is 0 Å². The van der Waals surface area contributed by atoms with Crippen LogP contribution in [0.15, 0.2) is 48.5 Å². The molecule has 1 aliphatic heterocycles. The summed E-state index contributed by atoms with van der Waals surface area (Å²) in [6, 6.07) is 13.3. The Morgan fingerprint density at radius 1 is 1.04 bits per heavy atom. The van der Waals surface area contributed by atoms with Gasteiger partial charge in [0.15, 0.2) is 17.6 Å². The maximum Gasteiger partial charge on any atom is 0.338 e. The van der Waals surface area contributed by atoms with Crippen LogP contribution in [0, 0.1) is 0 Å². The van der Waals surface area contributed by atoms with E-state index in [9.17, 15) is 9.59 Å². The van der Waals surface area contributed by atoms with Gasteiger partial charge in [-0.15, -0.1) is 0 Å². The standard InChI is InChI=1S/C17H15NO5/c18-16(19)11-5-7-12(8-6-11)17(20)22-10-13-9-21-14-3-1-2-4-15(14)23-13/h1-8,13H,9-10H2,(H2,18,19). The van der Waals surface area contributed by atoms with E-state index >= 15 is 0 Å². The first-order chi connectivity index (χ1) is 11.1. The largest absolute Gasteiger partial charge is 0.486 e. The lowest BCUT2D eigenvalue weighted by Crippen LogP contribution is -2.34. The van der Waals surface area contributed by atoms with Crippen LogP contribution >= 0.6 is 0 Å². The molecule has 1 amide bonds. The Bertz CT molecular complexity index is 726. The molecule has 0 bridgehead atoms. The molecule has 0 aromatic heterocycles. The van der Waals surface area contributed by atoms with E-state index in [1.54, 1.807) is 6.07 Å². The molecular formula is C17H15NO5. The van der Waals surface area contributed by atoms with E-state index in [-0.39, 0.29) is 12.7 Å². The second kappa shape index (κ2) is 6.39. The molecule has 0 aliphatic carbocycles. The monoisotopic (exact) mass is 313 g/mol. The van der Waals surface area contributed by atoms with E-state index in [4.69, 9.17) is 19.9 Å². The molecule has 1 atom stereocenters. The van der Waals surface area contributed by atoms with Crippen molar-refractivity contribution in [1.29, 1.82) is 0 Å². The zero-order chi connectivity index (χ0) is 16.2. The minimum atomic E-state index is -0.545. The average molecular weight is 313 g/mol. The third kappa shape index (κ3) is 3.42. The van der Waals surface area contributed by atoms with Crippen LogP contribution in [0.25, 0.3) is 0 Å². The van der Waals surface area contributed by atoms with Crippen molar-refractivity contribution >= 4 is 11.9 Å². The van der Waals surface area contributed by atoms with Gasteiger partial charge in [-0.3, -0.25) is 4.79 Å². The van der Waals surface area contributed by atoms with Gasteiger partial charge in [-0.25, -0.2) is 4.79 Å². The lowest BCUT2D eigenvalue weighted by Gasteiger charge is -2.26. The van der Waals surface area contributed by atoms with Crippen molar-refractivity contribution in [3.63, 3.8) is 0 Å². The normalized spacial score (nSPS) is 15.7. The van der Waals surface area contributed by atoms with Gasteiger partial charge in [0.25, 0.3) is 0 Å². The zero-order valence-electron chi connectivity index (χ0n) is 12.2. The first kappa shape index (κ1) is 14.9. The molecule has 0 spiro atoms. The molecule has 0 saturated heterocycles. The second-order valence-corrected chi connectivity index (χ2v) is 5.04. The number of nitrogens with two attached hydrogens (primary N) is 1. The third-order valence-electron chi connectivity index (χ3n) is 3.37. The SMILES string of the molecule is NC(=O)c1ccc(C(=O)OCC2COc3ccccc3O2)cc1. The van der Waals surface area contributed by atoms with E-state index < -0.39 is 11.9 Å². The number of carbonyl (C=O) groups is 2. The molecule has 2 N–H and O–H groups in total. The number of primary amides is 1. The van der Waals surface area contributed by atoms with Crippen LogP contribution in [-0.2, 0) is 4.74 Å². The van der Waals surface area contributed by atoms with Gasteiger partial charge in [0.05, 0.1) is 5.56 Å². The van der Waals surface area contributed by atoms with Gasteiger partial charge < -0.3 is 19.9 Å². The van der Waals surface area contributed by atoms with Gasteiger partial charge in [0.1, 0.15) is 13.2 Å². The molecule has 3 rings (SSSR count). The number of para-hydroxylation sites is 2. The molecular weight excluding hydrogens is 298 g/mol.